The van der Waals surface area contributed by atoms with Crippen LogP contribution in [0.3, 0.4) is 0 Å². The van der Waals surface area contributed by atoms with Crippen LogP contribution in [0, 0.1) is 12.8 Å². The molecule has 1 fully saturated rings. The molecule has 0 atom stereocenters. The standard InChI is InChI=1S/C30H28ClN5O2S2/c1-20-9-10-23(31)17-25(20)36-28(26-8-5-15-38-26)33-34-30(36)40-19-27-32-24(18-39-27)29(37)35-13-11-22(12-14-35)16-21-6-3-2-4-7-21/h2-10,15,17-18,22H,11-14,16,19H2,1H3. The van der Waals surface area contributed by atoms with Crippen molar-refractivity contribution in [2.75, 3.05) is 13.1 Å². The summed E-state index contributed by atoms with van der Waals surface area (Å²) in [5.74, 6) is 2.41. The van der Waals surface area contributed by atoms with Crippen LogP contribution >= 0.6 is 34.7 Å². The first-order valence-corrected chi connectivity index (χ1v) is 15.5. The smallest absolute Gasteiger partial charge is 0.273 e. The zero-order chi connectivity index (χ0) is 27.5. The molecule has 1 aliphatic heterocycles. The van der Waals surface area contributed by atoms with E-state index in [9.17, 15) is 4.79 Å². The second kappa shape index (κ2) is 12.0. The number of rotatable bonds is 8. The number of likely N-dealkylation sites (tertiary alicyclic amines) is 1. The van der Waals surface area contributed by atoms with Crippen LogP contribution in [0.4, 0.5) is 0 Å². The van der Waals surface area contributed by atoms with Gasteiger partial charge in [0.15, 0.2) is 10.9 Å². The lowest BCUT2D eigenvalue weighted by Crippen LogP contribution is -2.39. The normalized spacial score (nSPS) is 14.1. The molecule has 0 saturated carbocycles. The molecule has 0 spiro atoms. The molecule has 0 bridgehead atoms. The molecule has 6 rings (SSSR count). The van der Waals surface area contributed by atoms with Gasteiger partial charge in [0, 0.05) is 23.5 Å². The highest BCUT2D eigenvalue weighted by Crippen LogP contribution is 2.33. The van der Waals surface area contributed by atoms with E-state index in [1.807, 2.05) is 52.1 Å². The van der Waals surface area contributed by atoms with E-state index in [0.717, 1.165) is 48.6 Å². The second-order valence-corrected chi connectivity index (χ2v) is 12.2. The molecule has 0 unspecified atom stereocenters. The summed E-state index contributed by atoms with van der Waals surface area (Å²) in [6.45, 7) is 3.57. The Kier molecular flexibility index (Phi) is 8.04. The van der Waals surface area contributed by atoms with E-state index in [-0.39, 0.29) is 5.91 Å². The van der Waals surface area contributed by atoms with E-state index >= 15 is 0 Å². The minimum Gasteiger partial charge on any atom is -0.461 e. The van der Waals surface area contributed by atoms with Crippen molar-refractivity contribution in [3.8, 4) is 17.3 Å². The SMILES string of the molecule is Cc1ccc(Cl)cc1-n1c(SCc2nc(C(=O)N3CCC(Cc4ccccc4)CC3)cs2)nnc1-c1ccco1. The lowest BCUT2D eigenvalue weighted by atomic mass is 9.90. The number of carbonyl (C=O) groups excluding carboxylic acids is 1. The van der Waals surface area contributed by atoms with Crippen LogP contribution in [0.25, 0.3) is 17.3 Å². The Balaban J connectivity index is 1.12. The van der Waals surface area contributed by atoms with Crippen LogP contribution in [0.5, 0.6) is 0 Å². The van der Waals surface area contributed by atoms with Crippen LogP contribution in [0.1, 0.15) is 39.5 Å². The molecule has 3 aromatic heterocycles. The summed E-state index contributed by atoms with van der Waals surface area (Å²) in [5.41, 5.74) is 3.81. The van der Waals surface area contributed by atoms with E-state index in [1.54, 1.807) is 6.26 Å². The predicted octanol–water partition coefficient (Wildman–Crippen LogP) is 7.33. The molecule has 7 nitrogen and oxygen atoms in total. The number of halogens is 1. The van der Waals surface area contributed by atoms with Gasteiger partial charge < -0.3 is 9.32 Å². The fourth-order valence-electron chi connectivity index (χ4n) is 5.02. The summed E-state index contributed by atoms with van der Waals surface area (Å²) < 4.78 is 7.60. The Hall–Kier alpha value is -3.40. The third-order valence-corrected chi connectivity index (χ3v) is 9.36. The topological polar surface area (TPSA) is 77.1 Å². The third-order valence-electron chi connectivity index (χ3n) is 7.15. The quantitative estimate of drug-likeness (QED) is 0.176. The predicted molar refractivity (Wildman–Crippen MR) is 159 cm³/mol. The monoisotopic (exact) mass is 589 g/mol. The van der Waals surface area contributed by atoms with E-state index < -0.39 is 0 Å². The summed E-state index contributed by atoms with van der Waals surface area (Å²) in [7, 11) is 0. The van der Waals surface area contributed by atoms with Crippen molar-refractivity contribution in [2.24, 2.45) is 5.92 Å². The van der Waals surface area contributed by atoms with E-state index in [1.165, 1.54) is 28.7 Å². The number of carbonyl (C=O) groups is 1. The van der Waals surface area contributed by atoms with Crippen molar-refractivity contribution < 1.29 is 9.21 Å². The van der Waals surface area contributed by atoms with E-state index in [0.29, 0.717) is 39.1 Å². The minimum atomic E-state index is 0.0171. The molecular weight excluding hydrogens is 562 g/mol. The molecular formula is C30H28ClN5O2S2. The van der Waals surface area contributed by atoms with Crippen LogP contribution in [-0.4, -0.2) is 43.6 Å². The fourth-order valence-corrected chi connectivity index (χ4v) is 6.92. The summed E-state index contributed by atoms with van der Waals surface area (Å²) >= 11 is 9.36. The molecule has 4 heterocycles. The highest BCUT2D eigenvalue weighted by molar-refractivity contribution is 7.98. The molecule has 0 radical (unpaired) electrons. The maximum Gasteiger partial charge on any atom is 0.273 e. The second-order valence-electron chi connectivity index (χ2n) is 9.89. The maximum absolute atomic E-state index is 13.2. The Morgan fingerprint density at radius 1 is 1.10 bits per heavy atom. The number of thioether (sulfide) groups is 1. The lowest BCUT2D eigenvalue weighted by Gasteiger charge is -2.31. The van der Waals surface area contributed by atoms with Crippen LogP contribution in [-0.2, 0) is 12.2 Å². The van der Waals surface area contributed by atoms with Gasteiger partial charge in [0.1, 0.15) is 10.7 Å². The summed E-state index contributed by atoms with van der Waals surface area (Å²) in [4.78, 5) is 19.8. The number of piperidine rings is 1. The first-order valence-electron chi connectivity index (χ1n) is 13.2. The molecule has 1 saturated heterocycles. The Bertz CT molecular complexity index is 1590. The lowest BCUT2D eigenvalue weighted by molar-refractivity contribution is 0.0685. The number of hydrogen-bond acceptors (Lipinski definition) is 7. The third kappa shape index (κ3) is 5.87. The van der Waals surface area contributed by atoms with Gasteiger partial charge in [-0.15, -0.1) is 21.5 Å². The molecule has 40 heavy (non-hydrogen) atoms. The molecule has 5 aromatic rings. The zero-order valence-electron chi connectivity index (χ0n) is 22.0. The van der Waals surface area contributed by atoms with Gasteiger partial charge in [-0.05, 0) is 67.5 Å². The van der Waals surface area contributed by atoms with Crippen LogP contribution < -0.4 is 0 Å². The van der Waals surface area contributed by atoms with Crippen molar-refractivity contribution in [3.05, 3.63) is 99.2 Å². The van der Waals surface area contributed by atoms with E-state index in [4.69, 9.17) is 16.0 Å². The van der Waals surface area contributed by atoms with Crippen molar-refractivity contribution in [2.45, 2.75) is 37.1 Å². The molecule has 2 aromatic carbocycles. The number of amides is 1. The average molecular weight is 590 g/mol. The van der Waals surface area contributed by atoms with Gasteiger partial charge >= 0.3 is 0 Å². The Labute approximate surface area is 246 Å². The Morgan fingerprint density at radius 3 is 2.70 bits per heavy atom. The van der Waals surface area contributed by atoms with Crippen molar-refractivity contribution in [1.82, 2.24) is 24.6 Å². The highest BCUT2D eigenvalue weighted by Gasteiger charge is 2.26. The fraction of sp³-hybridized carbons (Fsp3) is 0.267. The average Bonchev–Trinajstić information content (AvgIpc) is 3.75. The largest absolute Gasteiger partial charge is 0.461 e. The van der Waals surface area contributed by atoms with Gasteiger partial charge in [-0.1, -0.05) is 59.8 Å². The first-order chi connectivity index (χ1) is 19.5. The van der Waals surface area contributed by atoms with Gasteiger partial charge in [0.25, 0.3) is 5.91 Å². The molecule has 1 amide bonds. The summed E-state index contributed by atoms with van der Waals surface area (Å²) in [6.07, 6.45) is 4.72. The minimum absolute atomic E-state index is 0.0171. The summed E-state index contributed by atoms with van der Waals surface area (Å²) in [6, 6.07) is 20.0. The number of furan rings is 1. The maximum atomic E-state index is 13.2. The van der Waals surface area contributed by atoms with Crippen molar-refractivity contribution >= 4 is 40.6 Å². The molecule has 0 N–H and O–H groups in total. The molecule has 204 valence electrons. The van der Waals surface area contributed by atoms with E-state index in [2.05, 4.69) is 45.5 Å². The zero-order valence-corrected chi connectivity index (χ0v) is 24.4. The number of benzene rings is 2. The number of thiazole rings is 1. The van der Waals surface area contributed by atoms with Gasteiger partial charge in [-0.2, -0.15) is 0 Å². The number of hydrogen-bond donors (Lipinski definition) is 0. The van der Waals surface area contributed by atoms with Gasteiger partial charge in [0.05, 0.1) is 17.7 Å². The number of aromatic nitrogens is 4. The first kappa shape index (κ1) is 26.8. The Morgan fingerprint density at radius 2 is 1.93 bits per heavy atom. The number of nitrogens with zero attached hydrogens (tertiary/aromatic N) is 5. The van der Waals surface area contributed by atoms with Gasteiger partial charge in [-0.3, -0.25) is 9.36 Å². The molecule has 1 aliphatic rings. The van der Waals surface area contributed by atoms with Crippen molar-refractivity contribution in [1.29, 1.82) is 0 Å². The number of aryl methyl sites for hydroxylation is 1. The molecule has 0 aliphatic carbocycles. The van der Waals surface area contributed by atoms with Crippen molar-refractivity contribution in [3.63, 3.8) is 0 Å². The molecule has 10 heteroatoms. The van der Waals surface area contributed by atoms with Gasteiger partial charge in [-0.25, -0.2) is 4.98 Å². The van der Waals surface area contributed by atoms with Crippen LogP contribution in [0.15, 0.2) is 81.9 Å². The van der Waals surface area contributed by atoms with Gasteiger partial charge in [0.2, 0.25) is 5.82 Å². The summed E-state index contributed by atoms with van der Waals surface area (Å²) in [5, 5.41) is 12.9. The van der Waals surface area contributed by atoms with Crippen LogP contribution in [0.2, 0.25) is 5.02 Å². The highest BCUT2D eigenvalue weighted by atomic mass is 35.5.